The smallest absolute Gasteiger partial charge is 0.352 e. The first-order valence-corrected chi connectivity index (χ1v) is 11.8. The van der Waals surface area contributed by atoms with Crippen molar-refractivity contribution in [1.29, 1.82) is 0 Å². The molecule has 182 valence electrons. The van der Waals surface area contributed by atoms with Gasteiger partial charge < -0.3 is 20.6 Å². The number of carbonyl (C=O) groups excluding carboxylic acids is 2. The first-order valence-electron chi connectivity index (χ1n) is 10.8. The Morgan fingerprint density at radius 2 is 2.03 bits per heavy atom. The van der Waals surface area contributed by atoms with E-state index in [9.17, 15) is 29.7 Å². The molecule has 1 saturated heterocycles. The number of hydrogen-bond acceptors (Lipinski definition) is 8. The van der Waals surface area contributed by atoms with Gasteiger partial charge in [0.15, 0.2) is 6.04 Å². The van der Waals surface area contributed by atoms with Crippen LogP contribution >= 0.6 is 11.8 Å². The molecule has 1 fully saturated rings. The molecule has 3 heterocycles. The molecule has 2 aromatic rings. The van der Waals surface area contributed by atoms with Crippen LogP contribution in [0.5, 0.6) is 5.75 Å². The van der Waals surface area contributed by atoms with Gasteiger partial charge in [-0.05, 0) is 25.0 Å². The molecule has 1 aromatic heterocycles. The molecule has 0 unspecified atom stereocenters. The molecule has 10 nitrogen and oxygen atoms in total. The second-order valence-corrected chi connectivity index (χ2v) is 9.32. The number of rotatable bonds is 7. The lowest BCUT2D eigenvalue weighted by Gasteiger charge is -2.49. The molecule has 0 radical (unpaired) electrons. The van der Waals surface area contributed by atoms with Gasteiger partial charge >= 0.3 is 5.97 Å². The van der Waals surface area contributed by atoms with E-state index in [2.05, 4.69) is 15.3 Å². The fourth-order valence-electron chi connectivity index (χ4n) is 4.02. The monoisotopic (exact) mass is 496 g/mol. The number of aromatic nitrogens is 1. The molecule has 4 N–H and O–H groups in total. The lowest BCUT2D eigenvalue weighted by Crippen LogP contribution is -2.70. The third kappa shape index (κ3) is 4.52. The maximum absolute atomic E-state index is 13.3. The van der Waals surface area contributed by atoms with Crippen molar-refractivity contribution in [2.24, 2.45) is 4.99 Å². The third-order valence-electron chi connectivity index (χ3n) is 5.90. The molecule has 0 saturated carbocycles. The molecule has 1 aromatic carbocycles. The van der Waals surface area contributed by atoms with E-state index in [0.29, 0.717) is 28.1 Å². The Morgan fingerprint density at radius 3 is 2.69 bits per heavy atom. The molecule has 0 spiro atoms. The Hall–Kier alpha value is -3.70. The van der Waals surface area contributed by atoms with Crippen molar-refractivity contribution in [2.75, 3.05) is 5.75 Å². The van der Waals surface area contributed by atoms with Gasteiger partial charge in [0, 0.05) is 29.3 Å². The lowest BCUT2D eigenvalue weighted by molar-refractivity contribution is -0.150. The van der Waals surface area contributed by atoms with Gasteiger partial charge in [0.05, 0.1) is 12.3 Å². The Kier molecular flexibility index (Phi) is 6.90. The Labute approximate surface area is 205 Å². The van der Waals surface area contributed by atoms with Gasteiger partial charge in [0.1, 0.15) is 22.9 Å². The summed E-state index contributed by atoms with van der Waals surface area (Å²) < 4.78 is 0. The molecular weight excluding hydrogens is 472 g/mol. The summed E-state index contributed by atoms with van der Waals surface area (Å²) in [5, 5.41) is 31.7. The number of aryl methyl sites for hydroxylation is 1. The maximum Gasteiger partial charge on any atom is 0.352 e. The fourth-order valence-corrected chi connectivity index (χ4v) is 5.31. The van der Waals surface area contributed by atoms with Gasteiger partial charge in [-0.1, -0.05) is 30.3 Å². The van der Waals surface area contributed by atoms with Crippen LogP contribution in [0.3, 0.4) is 0 Å². The van der Waals surface area contributed by atoms with Crippen LogP contribution in [0.15, 0.2) is 52.8 Å². The van der Waals surface area contributed by atoms with E-state index in [0.717, 1.165) is 0 Å². The molecule has 35 heavy (non-hydrogen) atoms. The summed E-state index contributed by atoms with van der Waals surface area (Å²) in [6.45, 7) is 2.89. The molecule has 0 bridgehead atoms. The minimum Gasteiger partial charge on any atom is -0.505 e. The minimum absolute atomic E-state index is 0.0399. The van der Waals surface area contributed by atoms with Crippen LogP contribution < -0.4 is 5.32 Å². The summed E-state index contributed by atoms with van der Waals surface area (Å²) in [6, 6.07) is 6.77. The molecule has 4 rings (SSSR count). The number of aliphatic hydroxyl groups is 1. The number of carbonyl (C=O) groups is 3. The normalized spacial score (nSPS) is 20.4. The molecule has 2 aliphatic heterocycles. The number of amides is 2. The number of nitrogens with one attached hydrogen (secondary N) is 1. The number of nitrogens with zero attached hydrogens (tertiary/aromatic N) is 3. The van der Waals surface area contributed by atoms with E-state index in [1.165, 1.54) is 29.1 Å². The van der Waals surface area contributed by atoms with Crippen LogP contribution in [0.4, 0.5) is 0 Å². The highest BCUT2D eigenvalue weighted by Crippen LogP contribution is 2.40. The minimum atomic E-state index is -1.18. The molecule has 2 aliphatic rings. The standard InChI is InChI=1S/C24H24N4O6S/c1-12-11-35-23-18(22(32)28(23)19(12)24(33)34)27-21(31)17(14-6-4-3-5-7-14)26-9-16-15(10-29)8-25-13(2)20(16)30/h3-9,17-18,23,29-30H,10-11H2,1-2H3,(H,27,31)(H,33,34)/t17-,18+,23+/m0/s1. The maximum atomic E-state index is 13.3. The Morgan fingerprint density at radius 1 is 1.31 bits per heavy atom. The van der Waals surface area contributed by atoms with Gasteiger partial charge in [0.25, 0.3) is 5.91 Å². The average molecular weight is 497 g/mol. The number of benzene rings is 1. The van der Waals surface area contributed by atoms with E-state index in [-0.39, 0.29) is 23.6 Å². The van der Waals surface area contributed by atoms with Crippen LogP contribution in [-0.2, 0) is 21.0 Å². The number of carboxylic acids is 1. The van der Waals surface area contributed by atoms with Crippen LogP contribution in [0.2, 0.25) is 0 Å². The van der Waals surface area contributed by atoms with Crippen molar-refractivity contribution in [3.8, 4) is 5.75 Å². The number of aromatic hydroxyl groups is 1. The van der Waals surface area contributed by atoms with Crippen molar-refractivity contribution >= 4 is 35.8 Å². The zero-order valence-corrected chi connectivity index (χ0v) is 19.8. The van der Waals surface area contributed by atoms with Crippen LogP contribution in [-0.4, -0.2) is 66.4 Å². The van der Waals surface area contributed by atoms with Crippen LogP contribution in [0.25, 0.3) is 0 Å². The highest BCUT2D eigenvalue weighted by atomic mass is 32.2. The number of fused-ring (bicyclic) bond motifs is 1. The lowest BCUT2D eigenvalue weighted by atomic mass is 10.0. The summed E-state index contributed by atoms with van der Waals surface area (Å²) in [4.78, 5) is 47.4. The van der Waals surface area contributed by atoms with Crippen molar-refractivity contribution in [1.82, 2.24) is 15.2 Å². The summed E-state index contributed by atoms with van der Waals surface area (Å²) in [5.41, 5.74) is 2.04. The zero-order valence-electron chi connectivity index (χ0n) is 19.0. The van der Waals surface area contributed by atoms with E-state index >= 15 is 0 Å². The van der Waals surface area contributed by atoms with Crippen LogP contribution in [0.1, 0.15) is 35.3 Å². The average Bonchev–Trinajstić information content (AvgIpc) is 2.85. The predicted octanol–water partition coefficient (Wildman–Crippen LogP) is 1.51. The van der Waals surface area contributed by atoms with Crippen molar-refractivity contribution in [3.63, 3.8) is 0 Å². The molecule has 3 atom stereocenters. The van der Waals surface area contributed by atoms with Gasteiger partial charge in [0.2, 0.25) is 5.91 Å². The highest BCUT2D eigenvalue weighted by molar-refractivity contribution is 8.00. The SMILES string of the molecule is CC1=C(C(=O)O)N2C(=O)[C@@H](NC(=O)[C@@H](N=Cc3c(CO)cnc(C)c3O)c3ccccc3)[C@H]2SC1. The third-order valence-corrected chi connectivity index (χ3v) is 7.33. The molecule has 11 heteroatoms. The van der Waals surface area contributed by atoms with E-state index in [1.54, 1.807) is 44.2 Å². The fraction of sp³-hybridized carbons (Fsp3) is 0.292. The number of carboxylic acid groups (broad SMARTS) is 1. The van der Waals surface area contributed by atoms with Crippen molar-refractivity contribution in [3.05, 3.63) is 70.2 Å². The number of aliphatic carboxylic acids is 1. The molecule has 0 aliphatic carbocycles. The number of thioether (sulfide) groups is 1. The quantitative estimate of drug-likeness (QED) is 0.332. The number of β-lactam (4-membered cyclic amide) rings is 1. The summed E-state index contributed by atoms with van der Waals surface area (Å²) in [6.07, 6.45) is 2.73. The zero-order chi connectivity index (χ0) is 25.3. The van der Waals surface area contributed by atoms with Gasteiger partial charge in [-0.2, -0.15) is 0 Å². The highest BCUT2D eigenvalue weighted by Gasteiger charge is 2.54. The molecular formula is C24H24N4O6S. The van der Waals surface area contributed by atoms with Gasteiger partial charge in [-0.15, -0.1) is 11.8 Å². The second-order valence-electron chi connectivity index (χ2n) is 8.21. The Balaban J connectivity index is 1.61. The second kappa shape index (κ2) is 9.88. The van der Waals surface area contributed by atoms with Crippen molar-refractivity contribution in [2.45, 2.75) is 37.9 Å². The van der Waals surface area contributed by atoms with E-state index in [4.69, 9.17) is 0 Å². The number of pyridine rings is 1. The number of hydrogen-bond donors (Lipinski definition) is 4. The van der Waals surface area contributed by atoms with E-state index < -0.39 is 35.2 Å². The predicted molar refractivity (Wildman–Crippen MR) is 129 cm³/mol. The summed E-state index contributed by atoms with van der Waals surface area (Å²) >= 11 is 1.39. The first kappa shape index (κ1) is 24.4. The first-order chi connectivity index (χ1) is 16.7. The van der Waals surface area contributed by atoms with Crippen molar-refractivity contribution < 1.29 is 29.7 Å². The number of aliphatic imine (C=N–C) groups is 1. The summed E-state index contributed by atoms with van der Waals surface area (Å²) in [7, 11) is 0. The summed E-state index contributed by atoms with van der Waals surface area (Å²) in [5.74, 6) is -1.94. The van der Waals surface area contributed by atoms with Crippen LogP contribution in [0, 0.1) is 6.92 Å². The van der Waals surface area contributed by atoms with Gasteiger partial charge in [-0.3, -0.25) is 24.5 Å². The topological polar surface area (TPSA) is 152 Å². The Bertz CT molecular complexity index is 1250. The largest absolute Gasteiger partial charge is 0.505 e. The van der Waals surface area contributed by atoms with E-state index in [1.807, 2.05) is 0 Å². The van der Waals surface area contributed by atoms with Gasteiger partial charge in [-0.25, -0.2) is 4.79 Å². The number of aliphatic hydroxyl groups excluding tert-OH is 1. The molecule has 2 amide bonds.